The zero-order valence-electron chi connectivity index (χ0n) is 13.1. The molecule has 2 aliphatic heterocycles. The number of fused-ring (bicyclic) bond motifs is 1. The standard InChI is InChI=1S/C14H20N6O2S/c1-18-13-12(8-17-18)14(16-10-15-13)20-5-3-19(4-6-20)11-2-7-23(21,22)9-11/h8,10-11H,2-7,9H2,1H3/t11-/m0/s1. The van der Waals surface area contributed by atoms with Crippen molar-refractivity contribution in [2.24, 2.45) is 7.05 Å². The van der Waals surface area contributed by atoms with Gasteiger partial charge in [0, 0.05) is 39.3 Å². The van der Waals surface area contributed by atoms with Crippen LogP contribution in [0.1, 0.15) is 6.42 Å². The van der Waals surface area contributed by atoms with E-state index in [0.717, 1.165) is 49.5 Å². The topological polar surface area (TPSA) is 84.2 Å². The Morgan fingerprint density at radius 2 is 1.96 bits per heavy atom. The fourth-order valence-corrected chi connectivity index (χ4v) is 5.33. The second-order valence-corrected chi connectivity index (χ2v) is 8.51. The van der Waals surface area contributed by atoms with E-state index in [2.05, 4.69) is 24.9 Å². The molecule has 0 aliphatic carbocycles. The van der Waals surface area contributed by atoms with Crippen molar-refractivity contribution in [3.8, 4) is 0 Å². The number of rotatable bonds is 2. The van der Waals surface area contributed by atoms with Gasteiger partial charge in [-0.15, -0.1) is 0 Å². The maximum absolute atomic E-state index is 11.7. The quantitative estimate of drug-likeness (QED) is 0.742. The van der Waals surface area contributed by atoms with Gasteiger partial charge in [0.05, 0.1) is 23.1 Å². The number of hydrogen-bond acceptors (Lipinski definition) is 7. The number of nitrogens with zero attached hydrogens (tertiary/aromatic N) is 6. The number of piperazine rings is 1. The second kappa shape index (κ2) is 5.41. The Hall–Kier alpha value is -1.74. The highest BCUT2D eigenvalue weighted by Crippen LogP contribution is 2.25. The van der Waals surface area contributed by atoms with Crippen molar-refractivity contribution in [3.05, 3.63) is 12.5 Å². The number of anilines is 1. The van der Waals surface area contributed by atoms with Crippen molar-refractivity contribution in [2.75, 3.05) is 42.6 Å². The first-order valence-corrected chi connectivity index (χ1v) is 9.68. The van der Waals surface area contributed by atoms with E-state index in [1.807, 2.05) is 7.05 Å². The van der Waals surface area contributed by atoms with Gasteiger partial charge in [0.1, 0.15) is 12.1 Å². The van der Waals surface area contributed by atoms with E-state index < -0.39 is 9.84 Å². The number of aryl methyl sites for hydroxylation is 1. The zero-order chi connectivity index (χ0) is 16.0. The van der Waals surface area contributed by atoms with Gasteiger partial charge in [0.2, 0.25) is 0 Å². The van der Waals surface area contributed by atoms with Crippen LogP contribution >= 0.6 is 0 Å². The Kier molecular flexibility index (Phi) is 3.49. The lowest BCUT2D eigenvalue weighted by atomic mass is 10.2. The summed E-state index contributed by atoms with van der Waals surface area (Å²) < 4.78 is 25.1. The maximum Gasteiger partial charge on any atom is 0.163 e. The second-order valence-electron chi connectivity index (χ2n) is 6.28. The van der Waals surface area contributed by atoms with E-state index in [-0.39, 0.29) is 6.04 Å². The molecule has 124 valence electrons. The number of aromatic nitrogens is 4. The van der Waals surface area contributed by atoms with Gasteiger partial charge in [-0.1, -0.05) is 0 Å². The van der Waals surface area contributed by atoms with E-state index in [4.69, 9.17) is 0 Å². The Bertz CT molecular complexity index is 825. The first-order chi connectivity index (χ1) is 11.0. The summed E-state index contributed by atoms with van der Waals surface area (Å²) >= 11 is 0. The van der Waals surface area contributed by atoms with Gasteiger partial charge in [0.25, 0.3) is 0 Å². The normalized spacial score (nSPS) is 25.3. The molecule has 2 saturated heterocycles. The Morgan fingerprint density at radius 3 is 2.65 bits per heavy atom. The molecule has 9 heteroatoms. The summed E-state index contributed by atoms with van der Waals surface area (Å²) in [6.45, 7) is 3.42. The molecule has 8 nitrogen and oxygen atoms in total. The summed E-state index contributed by atoms with van der Waals surface area (Å²) in [7, 11) is -0.951. The van der Waals surface area contributed by atoms with Gasteiger partial charge in [-0.05, 0) is 6.42 Å². The minimum Gasteiger partial charge on any atom is -0.353 e. The van der Waals surface area contributed by atoms with Gasteiger partial charge in [-0.25, -0.2) is 18.4 Å². The molecule has 2 aromatic rings. The minimum atomic E-state index is -2.82. The fourth-order valence-electron chi connectivity index (χ4n) is 3.56. The lowest BCUT2D eigenvalue weighted by Crippen LogP contribution is -2.51. The molecule has 4 heterocycles. The highest BCUT2D eigenvalue weighted by atomic mass is 32.2. The molecule has 0 radical (unpaired) electrons. The van der Waals surface area contributed by atoms with Crippen LogP contribution in [0.5, 0.6) is 0 Å². The molecule has 4 rings (SSSR count). The van der Waals surface area contributed by atoms with Gasteiger partial charge in [-0.3, -0.25) is 9.58 Å². The van der Waals surface area contributed by atoms with Crippen molar-refractivity contribution in [1.29, 1.82) is 0 Å². The van der Waals surface area contributed by atoms with E-state index in [9.17, 15) is 8.42 Å². The maximum atomic E-state index is 11.7. The molecule has 0 spiro atoms. The van der Waals surface area contributed by atoms with Gasteiger partial charge in [-0.2, -0.15) is 5.10 Å². The molecule has 2 fully saturated rings. The van der Waals surface area contributed by atoms with Gasteiger partial charge >= 0.3 is 0 Å². The van der Waals surface area contributed by atoms with Crippen LogP contribution in [0.4, 0.5) is 5.82 Å². The number of hydrogen-bond donors (Lipinski definition) is 0. The molecule has 0 amide bonds. The molecule has 1 atom stereocenters. The highest BCUT2D eigenvalue weighted by Gasteiger charge is 2.34. The lowest BCUT2D eigenvalue weighted by molar-refractivity contribution is 0.200. The summed E-state index contributed by atoms with van der Waals surface area (Å²) in [6.07, 6.45) is 4.15. The zero-order valence-corrected chi connectivity index (χ0v) is 13.9. The molecule has 0 bridgehead atoms. The van der Waals surface area contributed by atoms with Crippen LogP contribution in [-0.4, -0.2) is 76.8 Å². The third kappa shape index (κ3) is 2.67. The first kappa shape index (κ1) is 14.8. The van der Waals surface area contributed by atoms with Gasteiger partial charge < -0.3 is 4.90 Å². The Labute approximate surface area is 135 Å². The fraction of sp³-hybridized carbons (Fsp3) is 0.643. The largest absolute Gasteiger partial charge is 0.353 e. The molecule has 0 saturated carbocycles. The summed E-state index contributed by atoms with van der Waals surface area (Å²) in [5.74, 6) is 1.56. The van der Waals surface area contributed by atoms with Crippen LogP contribution in [0, 0.1) is 0 Å². The lowest BCUT2D eigenvalue weighted by Gasteiger charge is -2.38. The summed E-state index contributed by atoms with van der Waals surface area (Å²) in [5, 5.41) is 5.22. The van der Waals surface area contributed by atoms with E-state index >= 15 is 0 Å². The van der Waals surface area contributed by atoms with Crippen LogP contribution < -0.4 is 4.90 Å². The summed E-state index contributed by atoms with van der Waals surface area (Å²) in [6, 6.07) is 0.186. The van der Waals surface area contributed by atoms with E-state index in [1.165, 1.54) is 0 Å². The molecule has 0 aromatic carbocycles. The minimum absolute atomic E-state index is 0.186. The van der Waals surface area contributed by atoms with Crippen LogP contribution in [-0.2, 0) is 16.9 Å². The molecule has 0 N–H and O–H groups in total. The van der Waals surface area contributed by atoms with Crippen molar-refractivity contribution >= 4 is 26.7 Å². The molecular weight excluding hydrogens is 316 g/mol. The van der Waals surface area contributed by atoms with Crippen LogP contribution in [0.25, 0.3) is 11.0 Å². The monoisotopic (exact) mass is 336 g/mol. The van der Waals surface area contributed by atoms with Crippen molar-refractivity contribution in [1.82, 2.24) is 24.6 Å². The highest BCUT2D eigenvalue weighted by molar-refractivity contribution is 7.91. The average Bonchev–Trinajstić information content (AvgIpc) is 3.10. The molecule has 2 aliphatic rings. The van der Waals surface area contributed by atoms with E-state index in [1.54, 1.807) is 17.2 Å². The molecule has 0 unspecified atom stereocenters. The van der Waals surface area contributed by atoms with Crippen molar-refractivity contribution < 1.29 is 8.42 Å². The summed E-state index contributed by atoms with van der Waals surface area (Å²) in [5.41, 5.74) is 0.833. The third-order valence-electron chi connectivity index (χ3n) is 4.85. The predicted molar refractivity (Wildman–Crippen MR) is 87.1 cm³/mol. The molecular formula is C14H20N6O2S. The Morgan fingerprint density at radius 1 is 1.17 bits per heavy atom. The van der Waals surface area contributed by atoms with Gasteiger partial charge in [0.15, 0.2) is 15.5 Å². The van der Waals surface area contributed by atoms with Crippen molar-refractivity contribution in [2.45, 2.75) is 12.5 Å². The first-order valence-electron chi connectivity index (χ1n) is 7.86. The SMILES string of the molecule is Cn1ncc2c(N3CCN([C@H]4CCS(=O)(=O)C4)CC3)ncnc21. The summed E-state index contributed by atoms with van der Waals surface area (Å²) in [4.78, 5) is 13.3. The van der Waals surface area contributed by atoms with E-state index in [0.29, 0.717) is 11.5 Å². The molecule has 2 aromatic heterocycles. The third-order valence-corrected chi connectivity index (χ3v) is 6.60. The average molecular weight is 336 g/mol. The number of sulfone groups is 1. The Balaban J connectivity index is 1.49. The smallest absolute Gasteiger partial charge is 0.163 e. The predicted octanol–water partition coefficient (Wildman–Crippen LogP) is -0.328. The van der Waals surface area contributed by atoms with Crippen LogP contribution in [0.3, 0.4) is 0 Å². The van der Waals surface area contributed by atoms with Crippen LogP contribution in [0.15, 0.2) is 12.5 Å². The van der Waals surface area contributed by atoms with Crippen molar-refractivity contribution in [3.63, 3.8) is 0 Å². The van der Waals surface area contributed by atoms with Crippen LogP contribution in [0.2, 0.25) is 0 Å². The molecule has 23 heavy (non-hydrogen) atoms.